The van der Waals surface area contributed by atoms with Gasteiger partial charge in [0.05, 0.1) is 0 Å². The first-order valence-electron chi connectivity index (χ1n) is 3.59. The molecule has 0 fully saturated rings. The van der Waals surface area contributed by atoms with Gasteiger partial charge in [-0.2, -0.15) is 0 Å². The summed E-state index contributed by atoms with van der Waals surface area (Å²) in [7, 11) is 0. The lowest BCUT2D eigenvalue weighted by Gasteiger charge is -2.02. The summed E-state index contributed by atoms with van der Waals surface area (Å²) in [6, 6.07) is 3.91. The Morgan fingerprint density at radius 1 is 1.50 bits per heavy atom. The fraction of sp³-hybridized carbons (Fsp3) is 0.111. The second kappa shape index (κ2) is 2.68. The van der Waals surface area contributed by atoms with Crippen molar-refractivity contribution in [1.82, 2.24) is 0 Å². The molecule has 0 spiro atoms. The van der Waals surface area contributed by atoms with Crippen LogP contribution in [-0.4, -0.2) is 5.11 Å². The van der Waals surface area contributed by atoms with Gasteiger partial charge < -0.3 is 5.11 Å². The van der Waals surface area contributed by atoms with Gasteiger partial charge in [0.2, 0.25) is 0 Å². The highest BCUT2D eigenvalue weighted by Gasteiger charge is 2.06. The fourth-order valence-electron chi connectivity index (χ4n) is 1.25. The van der Waals surface area contributed by atoms with E-state index in [1.54, 1.807) is 11.3 Å². The van der Waals surface area contributed by atoms with Crippen LogP contribution in [0.1, 0.15) is 5.56 Å². The molecule has 0 saturated carbocycles. The number of rotatable bonds is 0. The van der Waals surface area contributed by atoms with E-state index >= 15 is 0 Å². The number of aryl methyl sites for hydroxylation is 1. The van der Waals surface area contributed by atoms with Gasteiger partial charge >= 0.3 is 0 Å². The fourth-order valence-corrected chi connectivity index (χ4v) is 2.52. The molecule has 1 heterocycles. The Labute approximate surface area is 80.1 Å². The number of thiophene rings is 1. The largest absolute Gasteiger partial charge is 0.506 e. The molecule has 1 aromatic carbocycles. The molecule has 0 aliphatic heterocycles. The molecule has 62 valence electrons. The Balaban J connectivity index is 2.94. The van der Waals surface area contributed by atoms with Crippen molar-refractivity contribution in [2.75, 3.05) is 0 Å². The second-order valence-electron chi connectivity index (χ2n) is 2.70. The molecule has 0 saturated heterocycles. The SMILES string of the molecule is Cc1c(O)c(S)cc2sccc12. The van der Waals surface area contributed by atoms with Crippen molar-refractivity contribution in [1.29, 1.82) is 0 Å². The van der Waals surface area contributed by atoms with Crippen molar-refractivity contribution < 1.29 is 5.11 Å². The molecular weight excluding hydrogens is 188 g/mol. The summed E-state index contributed by atoms with van der Waals surface area (Å²) in [5.41, 5.74) is 0.916. The van der Waals surface area contributed by atoms with E-state index in [0.717, 1.165) is 10.9 Å². The zero-order valence-corrected chi connectivity index (χ0v) is 8.25. The van der Waals surface area contributed by atoms with Crippen LogP contribution in [0.5, 0.6) is 5.75 Å². The number of phenolic OH excluding ortho intramolecular Hbond substituents is 1. The monoisotopic (exact) mass is 196 g/mol. The molecule has 2 rings (SSSR count). The van der Waals surface area contributed by atoms with E-state index in [4.69, 9.17) is 0 Å². The summed E-state index contributed by atoms with van der Waals surface area (Å²) in [5, 5.41) is 12.7. The van der Waals surface area contributed by atoms with E-state index in [1.165, 1.54) is 4.70 Å². The molecule has 0 amide bonds. The van der Waals surface area contributed by atoms with Crippen molar-refractivity contribution >= 4 is 34.1 Å². The Bertz CT molecular complexity index is 431. The lowest BCUT2D eigenvalue weighted by Crippen LogP contribution is -1.77. The van der Waals surface area contributed by atoms with Gasteiger partial charge in [0.25, 0.3) is 0 Å². The molecule has 0 atom stereocenters. The summed E-state index contributed by atoms with van der Waals surface area (Å²) in [6.07, 6.45) is 0. The quantitative estimate of drug-likeness (QED) is 0.620. The molecule has 1 nitrogen and oxygen atoms in total. The topological polar surface area (TPSA) is 20.2 Å². The maximum Gasteiger partial charge on any atom is 0.132 e. The first kappa shape index (κ1) is 7.95. The molecule has 0 unspecified atom stereocenters. The standard InChI is InChI=1S/C9H8OS2/c1-5-6-2-3-12-8(6)4-7(11)9(5)10/h2-4,10-11H,1H3. The second-order valence-corrected chi connectivity index (χ2v) is 4.13. The van der Waals surface area contributed by atoms with Gasteiger partial charge in [-0.1, -0.05) is 0 Å². The van der Waals surface area contributed by atoms with Gasteiger partial charge in [0, 0.05) is 15.2 Å². The minimum atomic E-state index is 0.296. The predicted octanol–water partition coefficient (Wildman–Crippen LogP) is 3.20. The van der Waals surface area contributed by atoms with E-state index in [1.807, 2.05) is 24.4 Å². The van der Waals surface area contributed by atoms with Gasteiger partial charge in [-0.15, -0.1) is 24.0 Å². The van der Waals surface area contributed by atoms with Crippen LogP contribution >= 0.6 is 24.0 Å². The number of aromatic hydroxyl groups is 1. The highest BCUT2D eigenvalue weighted by atomic mass is 32.1. The summed E-state index contributed by atoms with van der Waals surface area (Å²) in [4.78, 5) is 0.655. The van der Waals surface area contributed by atoms with E-state index < -0.39 is 0 Å². The van der Waals surface area contributed by atoms with Gasteiger partial charge in [-0.25, -0.2) is 0 Å². The van der Waals surface area contributed by atoms with Crippen molar-refractivity contribution in [3.8, 4) is 5.75 Å². The highest BCUT2D eigenvalue weighted by molar-refractivity contribution is 7.80. The molecule has 1 N–H and O–H groups in total. The Kier molecular flexibility index (Phi) is 1.77. The molecule has 0 radical (unpaired) electrons. The van der Waals surface area contributed by atoms with Crippen LogP contribution in [0, 0.1) is 6.92 Å². The summed E-state index contributed by atoms with van der Waals surface area (Å²) >= 11 is 5.84. The normalized spacial score (nSPS) is 10.8. The van der Waals surface area contributed by atoms with Gasteiger partial charge in [0.15, 0.2) is 0 Å². The third kappa shape index (κ3) is 1.01. The molecular formula is C9H8OS2. The Hall–Kier alpha value is -0.670. The highest BCUT2D eigenvalue weighted by Crippen LogP contribution is 2.35. The number of hydrogen-bond acceptors (Lipinski definition) is 3. The Morgan fingerprint density at radius 2 is 2.25 bits per heavy atom. The third-order valence-corrected chi connectivity index (χ3v) is 3.17. The summed E-state index contributed by atoms with van der Waals surface area (Å²) < 4.78 is 1.18. The van der Waals surface area contributed by atoms with Crippen molar-refractivity contribution in [3.63, 3.8) is 0 Å². The maximum atomic E-state index is 9.55. The van der Waals surface area contributed by atoms with Crippen LogP contribution in [0.2, 0.25) is 0 Å². The molecule has 2 aromatic rings. The average Bonchev–Trinajstić information content (AvgIpc) is 2.48. The summed E-state index contributed by atoms with van der Waals surface area (Å²) in [6.45, 7) is 1.91. The lowest BCUT2D eigenvalue weighted by atomic mass is 10.1. The van der Waals surface area contributed by atoms with E-state index in [2.05, 4.69) is 12.6 Å². The van der Waals surface area contributed by atoms with Crippen LogP contribution in [0.4, 0.5) is 0 Å². The Morgan fingerprint density at radius 3 is 3.00 bits per heavy atom. The van der Waals surface area contributed by atoms with E-state index in [9.17, 15) is 5.11 Å². The minimum absolute atomic E-state index is 0.296. The molecule has 0 aliphatic carbocycles. The number of hydrogen-bond donors (Lipinski definition) is 2. The van der Waals surface area contributed by atoms with E-state index in [0.29, 0.717) is 10.6 Å². The number of benzene rings is 1. The molecule has 3 heteroatoms. The van der Waals surface area contributed by atoms with Gasteiger partial charge in [-0.3, -0.25) is 0 Å². The first-order valence-corrected chi connectivity index (χ1v) is 4.91. The number of thiol groups is 1. The zero-order chi connectivity index (χ0) is 8.72. The van der Waals surface area contributed by atoms with Crippen molar-refractivity contribution in [2.24, 2.45) is 0 Å². The average molecular weight is 196 g/mol. The predicted molar refractivity (Wildman–Crippen MR) is 55.5 cm³/mol. The molecule has 12 heavy (non-hydrogen) atoms. The molecule has 1 aromatic heterocycles. The van der Waals surface area contributed by atoms with E-state index in [-0.39, 0.29) is 0 Å². The van der Waals surface area contributed by atoms with Gasteiger partial charge in [-0.05, 0) is 29.8 Å². The first-order chi connectivity index (χ1) is 5.70. The van der Waals surface area contributed by atoms with Crippen molar-refractivity contribution in [3.05, 3.63) is 23.1 Å². The summed E-state index contributed by atoms with van der Waals surface area (Å²) in [5.74, 6) is 0.296. The zero-order valence-electron chi connectivity index (χ0n) is 6.53. The van der Waals surface area contributed by atoms with Gasteiger partial charge in [0.1, 0.15) is 5.75 Å². The van der Waals surface area contributed by atoms with Crippen LogP contribution in [0.25, 0.3) is 10.1 Å². The third-order valence-electron chi connectivity index (χ3n) is 1.96. The van der Waals surface area contributed by atoms with Crippen LogP contribution in [0.3, 0.4) is 0 Å². The number of fused-ring (bicyclic) bond motifs is 1. The van der Waals surface area contributed by atoms with Crippen LogP contribution in [0.15, 0.2) is 22.4 Å². The van der Waals surface area contributed by atoms with Crippen molar-refractivity contribution in [2.45, 2.75) is 11.8 Å². The lowest BCUT2D eigenvalue weighted by molar-refractivity contribution is 0.460. The smallest absolute Gasteiger partial charge is 0.132 e. The molecule has 0 aliphatic rings. The number of phenols is 1. The minimum Gasteiger partial charge on any atom is -0.506 e. The molecule has 0 bridgehead atoms. The van der Waals surface area contributed by atoms with Crippen LogP contribution in [-0.2, 0) is 0 Å². The van der Waals surface area contributed by atoms with Crippen LogP contribution < -0.4 is 0 Å². The maximum absolute atomic E-state index is 9.55.